The highest BCUT2D eigenvalue weighted by Crippen LogP contribution is 2.27. The van der Waals surface area contributed by atoms with Gasteiger partial charge < -0.3 is 15.4 Å². The van der Waals surface area contributed by atoms with Crippen LogP contribution in [0.15, 0.2) is 36.4 Å². The van der Waals surface area contributed by atoms with Gasteiger partial charge in [-0.15, -0.1) is 0 Å². The molecule has 2 N–H and O–H groups in total. The molecule has 0 saturated heterocycles. The molecular formula is C15H14ClFN2OS. The Bertz CT molecular complexity index is 679. The summed E-state index contributed by atoms with van der Waals surface area (Å²) in [6.07, 6.45) is 0. The second kappa shape index (κ2) is 6.74. The number of hydrogen-bond donors (Lipinski definition) is 2. The van der Waals surface area contributed by atoms with Crippen molar-refractivity contribution >= 4 is 40.3 Å². The van der Waals surface area contributed by atoms with Crippen molar-refractivity contribution in [3.05, 3.63) is 52.8 Å². The molecule has 21 heavy (non-hydrogen) atoms. The minimum absolute atomic E-state index is 0.282. The highest BCUT2D eigenvalue weighted by Gasteiger charge is 2.06. The maximum absolute atomic E-state index is 13.5. The van der Waals surface area contributed by atoms with Crippen LogP contribution in [0.5, 0.6) is 5.75 Å². The quantitative estimate of drug-likeness (QED) is 0.808. The van der Waals surface area contributed by atoms with Crippen molar-refractivity contribution in [1.29, 1.82) is 0 Å². The highest BCUT2D eigenvalue weighted by molar-refractivity contribution is 7.80. The van der Waals surface area contributed by atoms with E-state index in [0.29, 0.717) is 32.8 Å². The molecular weight excluding hydrogens is 311 g/mol. The maximum Gasteiger partial charge on any atom is 0.175 e. The van der Waals surface area contributed by atoms with Gasteiger partial charge in [-0.3, -0.25) is 0 Å². The van der Waals surface area contributed by atoms with Crippen LogP contribution in [0.2, 0.25) is 5.02 Å². The zero-order valence-electron chi connectivity index (χ0n) is 11.5. The second-order valence-electron chi connectivity index (χ2n) is 4.34. The maximum atomic E-state index is 13.5. The van der Waals surface area contributed by atoms with Gasteiger partial charge in [-0.25, -0.2) is 4.39 Å². The van der Waals surface area contributed by atoms with Crippen molar-refractivity contribution in [2.45, 2.75) is 6.92 Å². The van der Waals surface area contributed by atoms with Crippen molar-refractivity contribution in [1.82, 2.24) is 0 Å². The van der Waals surface area contributed by atoms with E-state index in [-0.39, 0.29) is 5.82 Å². The minimum atomic E-state index is -0.282. The number of hydrogen-bond acceptors (Lipinski definition) is 2. The number of ether oxygens (including phenoxy) is 1. The Morgan fingerprint density at radius 2 is 2.00 bits per heavy atom. The molecule has 0 unspecified atom stereocenters. The summed E-state index contributed by atoms with van der Waals surface area (Å²) in [5, 5.41) is 6.77. The largest absolute Gasteiger partial charge is 0.495 e. The molecule has 0 fully saturated rings. The van der Waals surface area contributed by atoms with Gasteiger partial charge in [-0.05, 0) is 49.5 Å². The Labute approximate surface area is 133 Å². The zero-order chi connectivity index (χ0) is 15.4. The predicted molar refractivity (Wildman–Crippen MR) is 89.0 cm³/mol. The number of nitrogens with one attached hydrogen (secondary N) is 2. The minimum Gasteiger partial charge on any atom is -0.495 e. The van der Waals surface area contributed by atoms with Gasteiger partial charge in [0, 0.05) is 16.9 Å². The fourth-order valence-electron chi connectivity index (χ4n) is 1.77. The average molecular weight is 325 g/mol. The summed E-state index contributed by atoms with van der Waals surface area (Å²) in [7, 11) is 1.55. The van der Waals surface area contributed by atoms with E-state index in [4.69, 9.17) is 28.6 Å². The van der Waals surface area contributed by atoms with Crippen LogP contribution in [0.3, 0.4) is 0 Å². The number of methoxy groups -OCH3 is 1. The lowest BCUT2D eigenvalue weighted by molar-refractivity contribution is 0.415. The standard InChI is InChI=1S/C15H14ClFN2OS/c1-9-12(17)4-3-5-13(9)19-15(21)18-10-6-7-14(20-2)11(16)8-10/h3-8H,1-2H3,(H2,18,19,21). The first-order chi connectivity index (χ1) is 10.0. The first kappa shape index (κ1) is 15.5. The zero-order valence-corrected chi connectivity index (χ0v) is 13.1. The van der Waals surface area contributed by atoms with Crippen molar-refractivity contribution < 1.29 is 9.13 Å². The summed E-state index contributed by atoms with van der Waals surface area (Å²) in [5.41, 5.74) is 1.84. The lowest BCUT2D eigenvalue weighted by Gasteiger charge is -2.13. The number of halogens is 2. The van der Waals surface area contributed by atoms with Crippen molar-refractivity contribution in [2.75, 3.05) is 17.7 Å². The Balaban J connectivity index is 2.08. The van der Waals surface area contributed by atoms with Crippen molar-refractivity contribution in [3.8, 4) is 5.75 Å². The molecule has 0 amide bonds. The predicted octanol–water partition coefficient (Wildman–Crippen LogP) is 4.61. The van der Waals surface area contributed by atoms with Gasteiger partial charge in [0.2, 0.25) is 0 Å². The number of benzene rings is 2. The third kappa shape index (κ3) is 3.83. The van der Waals surface area contributed by atoms with Gasteiger partial charge in [0.15, 0.2) is 5.11 Å². The molecule has 0 aliphatic heterocycles. The molecule has 0 spiro atoms. The topological polar surface area (TPSA) is 33.3 Å². The van der Waals surface area contributed by atoms with Crippen LogP contribution in [0.4, 0.5) is 15.8 Å². The Kier molecular flexibility index (Phi) is 4.98. The van der Waals surface area contributed by atoms with Gasteiger partial charge in [0.05, 0.1) is 12.1 Å². The molecule has 0 radical (unpaired) electrons. The van der Waals surface area contributed by atoms with E-state index in [2.05, 4.69) is 10.6 Å². The summed E-state index contributed by atoms with van der Waals surface area (Å²) in [5.74, 6) is 0.303. The van der Waals surface area contributed by atoms with Gasteiger partial charge in [0.25, 0.3) is 0 Å². The Hall–Kier alpha value is -1.85. The van der Waals surface area contributed by atoms with E-state index in [1.165, 1.54) is 6.07 Å². The molecule has 3 nitrogen and oxygen atoms in total. The van der Waals surface area contributed by atoms with Crippen LogP contribution in [0.1, 0.15) is 5.56 Å². The molecule has 0 bridgehead atoms. The summed E-state index contributed by atoms with van der Waals surface area (Å²) in [6.45, 7) is 1.69. The lowest BCUT2D eigenvalue weighted by atomic mass is 10.2. The highest BCUT2D eigenvalue weighted by atomic mass is 35.5. The first-order valence-electron chi connectivity index (χ1n) is 6.18. The van der Waals surface area contributed by atoms with E-state index in [0.717, 1.165) is 0 Å². The molecule has 0 aliphatic rings. The first-order valence-corrected chi connectivity index (χ1v) is 6.96. The van der Waals surface area contributed by atoms with Crippen LogP contribution in [0.25, 0.3) is 0 Å². The van der Waals surface area contributed by atoms with Gasteiger partial charge in [0.1, 0.15) is 11.6 Å². The van der Waals surface area contributed by atoms with Crippen molar-refractivity contribution in [3.63, 3.8) is 0 Å². The molecule has 0 saturated carbocycles. The lowest BCUT2D eigenvalue weighted by Crippen LogP contribution is -2.19. The fraction of sp³-hybridized carbons (Fsp3) is 0.133. The van der Waals surface area contributed by atoms with Crippen LogP contribution < -0.4 is 15.4 Å². The number of thiocarbonyl (C=S) groups is 1. The smallest absolute Gasteiger partial charge is 0.175 e. The number of rotatable bonds is 3. The summed E-state index contributed by atoms with van der Waals surface area (Å²) in [4.78, 5) is 0. The van der Waals surface area contributed by atoms with E-state index in [9.17, 15) is 4.39 Å². The van der Waals surface area contributed by atoms with Crippen LogP contribution in [-0.4, -0.2) is 12.2 Å². The van der Waals surface area contributed by atoms with Gasteiger partial charge in [-0.2, -0.15) is 0 Å². The fourth-order valence-corrected chi connectivity index (χ4v) is 2.26. The molecule has 110 valence electrons. The van der Waals surface area contributed by atoms with E-state index in [1.54, 1.807) is 44.4 Å². The molecule has 2 rings (SSSR count). The summed E-state index contributed by atoms with van der Waals surface area (Å²) in [6, 6.07) is 10.0. The van der Waals surface area contributed by atoms with Crippen LogP contribution in [0, 0.1) is 12.7 Å². The summed E-state index contributed by atoms with van der Waals surface area (Å²) < 4.78 is 18.5. The van der Waals surface area contributed by atoms with Crippen LogP contribution >= 0.6 is 23.8 Å². The Morgan fingerprint density at radius 1 is 1.24 bits per heavy atom. The molecule has 0 atom stereocenters. The number of anilines is 2. The molecule has 6 heteroatoms. The van der Waals surface area contributed by atoms with Gasteiger partial charge in [-0.1, -0.05) is 17.7 Å². The van der Waals surface area contributed by atoms with Crippen LogP contribution in [-0.2, 0) is 0 Å². The van der Waals surface area contributed by atoms with E-state index < -0.39 is 0 Å². The Morgan fingerprint density at radius 3 is 2.67 bits per heavy atom. The monoisotopic (exact) mass is 324 g/mol. The molecule has 0 heterocycles. The van der Waals surface area contributed by atoms with Crippen molar-refractivity contribution in [2.24, 2.45) is 0 Å². The van der Waals surface area contributed by atoms with E-state index in [1.807, 2.05) is 0 Å². The third-order valence-electron chi connectivity index (χ3n) is 2.93. The van der Waals surface area contributed by atoms with E-state index >= 15 is 0 Å². The second-order valence-corrected chi connectivity index (χ2v) is 5.16. The molecule has 2 aromatic carbocycles. The molecule has 0 aromatic heterocycles. The third-order valence-corrected chi connectivity index (χ3v) is 3.43. The average Bonchev–Trinajstić information content (AvgIpc) is 2.44. The van der Waals surface area contributed by atoms with Gasteiger partial charge >= 0.3 is 0 Å². The molecule has 2 aromatic rings. The molecule has 0 aliphatic carbocycles. The summed E-state index contributed by atoms with van der Waals surface area (Å²) >= 11 is 11.2. The normalized spacial score (nSPS) is 10.1. The SMILES string of the molecule is COc1ccc(NC(=S)Nc2cccc(F)c2C)cc1Cl.